The lowest BCUT2D eigenvalue weighted by Gasteiger charge is -2.09. The molecule has 0 bridgehead atoms. The van der Waals surface area contributed by atoms with Crippen molar-refractivity contribution in [2.24, 2.45) is 0 Å². The monoisotopic (exact) mass is 284 g/mol. The molecule has 0 aliphatic carbocycles. The SMILES string of the molecule is OC(Cc1ccc(F)cc1Br)c1ccoc1. The van der Waals surface area contributed by atoms with Crippen LogP contribution in [0, 0.1) is 5.82 Å². The Hall–Kier alpha value is -1.13. The summed E-state index contributed by atoms with van der Waals surface area (Å²) >= 11 is 3.26. The van der Waals surface area contributed by atoms with Gasteiger partial charge in [-0.3, -0.25) is 0 Å². The summed E-state index contributed by atoms with van der Waals surface area (Å²) in [6.45, 7) is 0. The van der Waals surface area contributed by atoms with Gasteiger partial charge in [-0.05, 0) is 23.8 Å². The van der Waals surface area contributed by atoms with Gasteiger partial charge in [-0.25, -0.2) is 4.39 Å². The topological polar surface area (TPSA) is 33.4 Å². The average Bonchev–Trinajstić information content (AvgIpc) is 2.75. The van der Waals surface area contributed by atoms with Gasteiger partial charge in [-0.15, -0.1) is 0 Å². The zero-order valence-corrected chi connectivity index (χ0v) is 9.95. The van der Waals surface area contributed by atoms with Gasteiger partial charge < -0.3 is 9.52 Å². The smallest absolute Gasteiger partial charge is 0.124 e. The molecule has 1 atom stereocenters. The van der Waals surface area contributed by atoms with Gasteiger partial charge in [-0.2, -0.15) is 0 Å². The van der Waals surface area contributed by atoms with E-state index in [0.29, 0.717) is 10.9 Å². The van der Waals surface area contributed by atoms with E-state index in [1.807, 2.05) is 0 Å². The third kappa shape index (κ3) is 2.51. The van der Waals surface area contributed by atoms with Crippen LogP contribution in [0.1, 0.15) is 17.2 Å². The molecule has 0 radical (unpaired) electrons. The zero-order valence-electron chi connectivity index (χ0n) is 8.36. The van der Waals surface area contributed by atoms with Gasteiger partial charge in [0.25, 0.3) is 0 Å². The molecule has 84 valence electrons. The molecule has 1 aromatic heterocycles. The van der Waals surface area contributed by atoms with Crippen molar-refractivity contribution in [3.8, 4) is 0 Å². The molecular weight excluding hydrogens is 275 g/mol. The van der Waals surface area contributed by atoms with E-state index in [2.05, 4.69) is 15.9 Å². The molecule has 2 rings (SSSR count). The molecule has 4 heteroatoms. The Morgan fingerprint density at radius 3 is 2.81 bits per heavy atom. The fraction of sp³-hybridized carbons (Fsp3) is 0.167. The van der Waals surface area contributed by atoms with Crippen LogP contribution in [0.3, 0.4) is 0 Å². The minimum absolute atomic E-state index is 0.298. The van der Waals surface area contributed by atoms with Crippen LogP contribution in [0.4, 0.5) is 4.39 Å². The van der Waals surface area contributed by atoms with E-state index in [4.69, 9.17) is 4.42 Å². The Kier molecular flexibility index (Phi) is 3.41. The highest BCUT2D eigenvalue weighted by molar-refractivity contribution is 9.10. The second kappa shape index (κ2) is 4.80. The van der Waals surface area contributed by atoms with Gasteiger partial charge >= 0.3 is 0 Å². The number of furan rings is 1. The van der Waals surface area contributed by atoms with Crippen molar-refractivity contribution in [1.82, 2.24) is 0 Å². The number of aliphatic hydroxyl groups is 1. The summed E-state index contributed by atoms with van der Waals surface area (Å²) < 4.78 is 18.4. The van der Waals surface area contributed by atoms with Gasteiger partial charge in [0, 0.05) is 16.5 Å². The van der Waals surface area contributed by atoms with E-state index in [1.165, 1.54) is 24.7 Å². The maximum absolute atomic E-state index is 12.9. The first kappa shape index (κ1) is 11.4. The highest BCUT2D eigenvalue weighted by Crippen LogP contribution is 2.24. The van der Waals surface area contributed by atoms with Crippen LogP contribution in [0.15, 0.2) is 45.7 Å². The van der Waals surface area contributed by atoms with Crippen LogP contribution in [0.25, 0.3) is 0 Å². The lowest BCUT2D eigenvalue weighted by atomic mass is 10.0. The highest BCUT2D eigenvalue weighted by atomic mass is 79.9. The molecule has 0 aliphatic rings. The van der Waals surface area contributed by atoms with Crippen molar-refractivity contribution < 1.29 is 13.9 Å². The molecule has 0 aliphatic heterocycles. The number of halogens is 2. The van der Waals surface area contributed by atoms with Crippen molar-refractivity contribution in [2.45, 2.75) is 12.5 Å². The summed E-state index contributed by atoms with van der Waals surface area (Å²) in [4.78, 5) is 0. The Balaban J connectivity index is 2.15. The van der Waals surface area contributed by atoms with Crippen LogP contribution in [0.5, 0.6) is 0 Å². The first-order valence-corrected chi connectivity index (χ1v) is 5.60. The maximum Gasteiger partial charge on any atom is 0.124 e. The average molecular weight is 285 g/mol. The van der Waals surface area contributed by atoms with Crippen LogP contribution >= 0.6 is 15.9 Å². The predicted octanol–water partition coefficient (Wildman–Crippen LogP) is 3.46. The highest BCUT2D eigenvalue weighted by Gasteiger charge is 2.12. The van der Waals surface area contributed by atoms with Crippen molar-refractivity contribution in [3.63, 3.8) is 0 Å². The van der Waals surface area contributed by atoms with E-state index in [0.717, 1.165) is 11.1 Å². The molecule has 1 N–H and O–H groups in total. The van der Waals surface area contributed by atoms with E-state index < -0.39 is 6.10 Å². The van der Waals surface area contributed by atoms with E-state index >= 15 is 0 Å². The molecule has 0 saturated carbocycles. The van der Waals surface area contributed by atoms with Crippen LogP contribution in [0.2, 0.25) is 0 Å². The molecule has 2 aromatic rings. The summed E-state index contributed by atoms with van der Waals surface area (Å²) in [5.41, 5.74) is 1.58. The molecule has 16 heavy (non-hydrogen) atoms. The molecular formula is C12H10BrFO2. The van der Waals surface area contributed by atoms with Crippen LogP contribution < -0.4 is 0 Å². The molecule has 2 nitrogen and oxygen atoms in total. The fourth-order valence-corrected chi connectivity index (χ4v) is 1.99. The Morgan fingerprint density at radius 1 is 1.38 bits per heavy atom. The maximum atomic E-state index is 12.9. The minimum atomic E-state index is -0.638. The molecule has 0 saturated heterocycles. The molecule has 0 amide bonds. The zero-order chi connectivity index (χ0) is 11.5. The van der Waals surface area contributed by atoms with Gasteiger partial charge in [0.2, 0.25) is 0 Å². The first-order valence-electron chi connectivity index (χ1n) is 4.81. The number of hydrogen-bond acceptors (Lipinski definition) is 2. The quantitative estimate of drug-likeness (QED) is 0.937. The van der Waals surface area contributed by atoms with Crippen molar-refractivity contribution in [3.05, 3.63) is 58.2 Å². The number of hydrogen-bond donors (Lipinski definition) is 1. The van der Waals surface area contributed by atoms with Crippen molar-refractivity contribution in [2.75, 3.05) is 0 Å². The first-order chi connectivity index (χ1) is 7.66. The largest absolute Gasteiger partial charge is 0.472 e. The molecule has 1 heterocycles. The summed E-state index contributed by atoms with van der Waals surface area (Å²) in [5.74, 6) is -0.298. The third-order valence-corrected chi connectivity index (χ3v) is 3.09. The number of rotatable bonds is 3. The predicted molar refractivity (Wildman–Crippen MR) is 61.5 cm³/mol. The van der Waals surface area contributed by atoms with Gasteiger partial charge in [0.05, 0.1) is 18.6 Å². The van der Waals surface area contributed by atoms with Gasteiger partial charge in [-0.1, -0.05) is 22.0 Å². The summed E-state index contributed by atoms with van der Waals surface area (Å²) in [6, 6.07) is 6.13. The Labute approximate surface area is 101 Å². The molecule has 0 fully saturated rings. The van der Waals surface area contributed by atoms with Crippen molar-refractivity contribution >= 4 is 15.9 Å². The second-order valence-corrected chi connectivity index (χ2v) is 4.37. The van der Waals surface area contributed by atoms with E-state index in [9.17, 15) is 9.50 Å². The standard InChI is InChI=1S/C12H10BrFO2/c13-11-6-10(14)2-1-8(11)5-12(15)9-3-4-16-7-9/h1-4,6-7,12,15H,5H2. The van der Waals surface area contributed by atoms with Crippen molar-refractivity contribution in [1.29, 1.82) is 0 Å². The third-order valence-electron chi connectivity index (χ3n) is 2.36. The Morgan fingerprint density at radius 2 is 2.19 bits per heavy atom. The lowest BCUT2D eigenvalue weighted by Crippen LogP contribution is -2.01. The van der Waals surface area contributed by atoms with Crippen LogP contribution in [-0.4, -0.2) is 5.11 Å². The lowest BCUT2D eigenvalue weighted by molar-refractivity contribution is 0.177. The number of benzene rings is 1. The summed E-state index contributed by atoms with van der Waals surface area (Å²) in [6.07, 6.45) is 2.79. The Bertz CT molecular complexity index is 468. The van der Waals surface area contributed by atoms with Gasteiger partial charge in [0.1, 0.15) is 5.82 Å². The van der Waals surface area contributed by atoms with Gasteiger partial charge in [0.15, 0.2) is 0 Å². The molecule has 1 aromatic carbocycles. The molecule has 0 spiro atoms. The normalized spacial score (nSPS) is 12.7. The van der Waals surface area contributed by atoms with E-state index in [1.54, 1.807) is 12.1 Å². The minimum Gasteiger partial charge on any atom is -0.472 e. The molecule has 1 unspecified atom stereocenters. The summed E-state index contributed by atoms with van der Waals surface area (Å²) in [5, 5.41) is 9.88. The van der Waals surface area contributed by atoms with E-state index in [-0.39, 0.29) is 5.82 Å². The second-order valence-electron chi connectivity index (χ2n) is 3.51. The summed E-state index contributed by atoms with van der Waals surface area (Å²) in [7, 11) is 0. The van der Waals surface area contributed by atoms with Crippen LogP contribution in [-0.2, 0) is 6.42 Å². The number of aliphatic hydroxyl groups excluding tert-OH is 1. The fourth-order valence-electron chi connectivity index (χ4n) is 1.48.